The molecule has 0 saturated carbocycles. The van der Waals surface area contributed by atoms with E-state index in [0.717, 1.165) is 21.1 Å². The van der Waals surface area contributed by atoms with Gasteiger partial charge in [-0.2, -0.15) is 5.26 Å². The number of esters is 1. The van der Waals surface area contributed by atoms with Crippen LogP contribution in [0.2, 0.25) is 0 Å². The van der Waals surface area contributed by atoms with E-state index in [1.54, 1.807) is 6.92 Å². The van der Waals surface area contributed by atoms with E-state index in [4.69, 9.17) is 10.00 Å². The molecule has 0 aliphatic rings. The molecule has 5 nitrogen and oxygen atoms in total. The predicted octanol–water partition coefficient (Wildman–Crippen LogP) is 3.47. The highest BCUT2D eigenvalue weighted by atomic mass is 79.9. The van der Waals surface area contributed by atoms with Crippen LogP contribution in [0.4, 0.5) is 5.69 Å². The zero-order valence-corrected chi connectivity index (χ0v) is 14.5. The third kappa shape index (κ3) is 2.95. The Morgan fingerprint density at radius 2 is 2.23 bits per heavy atom. The molecule has 2 aromatic rings. The minimum Gasteiger partial charge on any atom is -0.461 e. The van der Waals surface area contributed by atoms with Crippen molar-refractivity contribution in [2.24, 2.45) is 7.05 Å². The zero-order valence-electron chi connectivity index (χ0n) is 12.9. The molecule has 0 fully saturated rings. The number of fused-ring (bicyclic) bond motifs is 1. The van der Waals surface area contributed by atoms with Crippen molar-refractivity contribution in [2.75, 3.05) is 25.1 Å². The van der Waals surface area contributed by atoms with Gasteiger partial charge >= 0.3 is 5.97 Å². The van der Waals surface area contributed by atoms with Crippen LogP contribution < -0.4 is 4.90 Å². The zero-order chi connectivity index (χ0) is 16.3. The average Bonchev–Trinajstić information content (AvgIpc) is 2.77. The summed E-state index contributed by atoms with van der Waals surface area (Å²) in [5, 5.41) is 9.77. The highest BCUT2D eigenvalue weighted by molar-refractivity contribution is 9.10. The summed E-state index contributed by atoms with van der Waals surface area (Å²) in [6, 6.07) is 8.02. The first-order chi connectivity index (χ1) is 10.5. The van der Waals surface area contributed by atoms with E-state index in [2.05, 4.69) is 22.0 Å². The molecule has 0 unspecified atom stereocenters. The fourth-order valence-corrected chi connectivity index (χ4v) is 2.91. The van der Waals surface area contributed by atoms with Crippen molar-refractivity contribution in [3.05, 3.63) is 28.4 Å². The first-order valence-electron chi connectivity index (χ1n) is 7.04. The van der Waals surface area contributed by atoms with E-state index in [0.29, 0.717) is 25.3 Å². The fraction of sp³-hybridized carbons (Fsp3) is 0.375. The minimum absolute atomic E-state index is 0.325. The number of rotatable bonds is 5. The number of aromatic nitrogens is 1. The lowest BCUT2D eigenvalue weighted by atomic mass is 10.2. The second kappa shape index (κ2) is 6.84. The van der Waals surface area contributed by atoms with Crippen molar-refractivity contribution in [3.63, 3.8) is 0 Å². The van der Waals surface area contributed by atoms with Gasteiger partial charge in [0.2, 0.25) is 0 Å². The van der Waals surface area contributed by atoms with Gasteiger partial charge in [-0.25, -0.2) is 4.79 Å². The Bertz CT molecular complexity index is 746. The molecule has 0 radical (unpaired) electrons. The van der Waals surface area contributed by atoms with Gasteiger partial charge in [0.25, 0.3) is 0 Å². The molecule has 0 aliphatic carbocycles. The maximum atomic E-state index is 12.4. The molecule has 0 N–H and O–H groups in total. The van der Waals surface area contributed by atoms with E-state index in [1.165, 1.54) is 0 Å². The van der Waals surface area contributed by atoms with Crippen molar-refractivity contribution in [2.45, 2.75) is 13.3 Å². The molecule has 1 aromatic carbocycles. The largest absolute Gasteiger partial charge is 0.461 e. The van der Waals surface area contributed by atoms with E-state index < -0.39 is 0 Å². The van der Waals surface area contributed by atoms with Gasteiger partial charge in [-0.05, 0) is 25.1 Å². The number of nitrogens with zero attached hydrogens (tertiary/aromatic N) is 3. The average molecular weight is 364 g/mol. The van der Waals surface area contributed by atoms with Gasteiger partial charge in [0.05, 0.1) is 30.3 Å². The Morgan fingerprint density at radius 3 is 2.86 bits per heavy atom. The highest BCUT2D eigenvalue weighted by Crippen LogP contribution is 2.35. The van der Waals surface area contributed by atoms with E-state index in [-0.39, 0.29) is 5.97 Å². The van der Waals surface area contributed by atoms with Crippen LogP contribution in [0.15, 0.2) is 22.7 Å². The summed E-state index contributed by atoms with van der Waals surface area (Å²) in [6.07, 6.45) is 0.392. The number of ether oxygens (including phenoxy) is 1. The van der Waals surface area contributed by atoms with Crippen LogP contribution >= 0.6 is 15.9 Å². The summed E-state index contributed by atoms with van der Waals surface area (Å²) in [6.45, 7) is 2.66. The number of aryl methyl sites for hydroxylation is 1. The Morgan fingerprint density at radius 1 is 1.50 bits per heavy atom. The summed E-state index contributed by atoms with van der Waals surface area (Å²) in [5.74, 6) is -0.351. The molecule has 2 rings (SSSR count). The second-order valence-electron chi connectivity index (χ2n) is 4.97. The normalized spacial score (nSPS) is 10.5. The van der Waals surface area contributed by atoms with Crippen molar-refractivity contribution < 1.29 is 9.53 Å². The molecule has 1 heterocycles. The highest BCUT2D eigenvalue weighted by Gasteiger charge is 2.24. The van der Waals surface area contributed by atoms with Crippen LogP contribution in [0.25, 0.3) is 10.9 Å². The molecule has 0 saturated heterocycles. The van der Waals surface area contributed by atoms with Gasteiger partial charge in [-0.3, -0.25) is 0 Å². The van der Waals surface area contributed by atoms with Gasteiger partial charge in [0.1, 0.15) is 0 Å². The lowest BCUT2D eigenvalue weighted by Crippen LogP contribution is -2.22. The summed E-state index contributed by atoms with van der Waals surface area (Å²) in [4.78, 5) is 14.3. The molecule has 0 atom stereocenters. The SMILES string of the molecule is CCOC(=O)c1c(N(C)CCC#N)c2cc(Br)ccc2n1C. The first-order valence-corrected chi connectivity index (χ1v) is 7.83. The van der Waals surface area contributed by atoms with Crippen LogP contribution in [-0.2, 0) is 11.8 Å². The van der Waals surface area contributed by atoms with Crippen LogP contribution in [-0.4, -0.2) is 30.7 Å². The second-order valence-corrected chi connectivity index (χ2v) is 5.88. The summed E-state index contributed by atoms with van der Waals surface area (Å²) in [5.41, 5.74) is 2.26. The quantitative estimate of drug-likeness (QED) is 0.763. The summed E-state index contributed by atoms with van der Waals surface area (Å²) in [7, 11) is 3.74. The van der Waals surface area contributed by atoms with Crippen LogP contribution in [0.5, 0.6) is 0 Å². The molecular weight excluding hydrogens is 346 g/mol. The Balaban J connectivity index is 2.67. The van der Waals surface area contributed by atoms with Gasteiger partial charge < -0.3 is 14.2 Å². The molecular formula is C16H18BrN3O2. The number of halogens is 1. The number of carbonyl (C=O) groups excluding carboxylic acids is 1. The number of hydrogen-bond acceptors (Lipinski definition) is 4. The minimum atomic E-state index is -0.351. The standard InChI is InChI=1S/C16H18BrN3O2/c1-4-22-16(21)15-14(19(2)9-5-8-18)12-10-11(17)6-7-13(12)20(15)3/h6-7,10H,4-5,9H2,1-3H3. The first kappa shape index (κ1) is 16.4. The van der Waals surface area contributed by atoms with Gasteiger partial charge in [-0.1, -0.05) is 15.9 Å². The third-order valence-corrected chi connectivity index (χ3v) is 4.04. The van der Waals surface area contributed by atoms with Crippen molar-refractivity contribution in [1.29, 1.82) is 5.26 Å². The molecule has 22 heavy (non-hydrogen) atoms. The van der Waals surface area contributed by atoms with E-state index >= 15 is 0 Å². The number of hydrogen-bond donors (Lipinski definition) is 0. The number of carbonyl (C=O) groups is 1. The monoisotopic (exact) mass is 363 g/mol. The van der Waals surface area contributed by atoms with E-state index in [9.17, 15) is 4.79 Å². The third-order valence-electron chi connectivity index (χ3n) is 3.54. The Labute approximate surface area is 138 Å². The van der Waals surface area contributed by atoms with Crippen LogP contribution in [0.1, 0.15) is 23.8 Å². The topological polar surface area (TPSA) is 58.3 Å². The molecule has 116 valence electrons. The lowest BCUT2D eigenvalue weighted by molar-refractivity contribution is 0.0516. The van der Waals surface area contributed by atoms with Gasteiger partial charge in [0.15, 0.2) is 5.69 Å². The van der Waals surface area contributed by atoms with Crippen LogP contribution in [0.3, 0.4) is 0 Å². The van der Waals surface area contributed by atoms with Gasteiger partial charge in [0, 0.05) is 30.5 Å². The number of nitriles is 1. The van der Waals surface area contributed by atoms with Crippen molar-refractivity contribution in [3.8, 4) is 6.07 Å². The predicted molar refractivity (Wildman–Crippen MR) is 90.1 cm³/mol. The maximum absolute atomic E-state index is 12.4. The van der Waals surface area contributed by atoms with Gasteiger partial charge in [-0.15, -0.1) is 0 Å². The maximum Gasteiger partial charge on any atom is 0.357 e. The van der Waals surface area contributed by atoms with E-state index in [1.807, 2.05) is 41.8 Å². The van der Waals surface area contributed by atoms with Crippen LogP contribution in [0, 0.1) is 11.3 Å². The Hall–Kier alpha value is -2.00. The molecule has 0 aliphatic heterocycles. The molecule has 0 bridgehead atoms. The number of anilines is 1. The smallest absolute Gasteiger partial charge is 0.357 e. The lowest BCUT2D eigenvalue weighted by Gasteiger charge is -2.19. The van der Waals surface area contributed by atoms with Crippen molar-refractivity contribution in [1.82, 2.24) is 4.57 Å². The molecule has 0 amide bonds. The fourth-order valence-electron chi connectivity index (χ4n) is 2.55. The summed E-state index contributed by atoms with van der Waals surface area (Å²) < 4.78 is 7.99. The summed E-state index contributed by atoms with van der Waals surface area (Å²) >= 11 is 3.47. The molecule has 1 aromatic heterocycles. The number of benzene rings is 1. The molecule has 0 spiro atoms. The Kier molecular flexibility index (Phi) is 5.09. The molecule has 6 heteroatoms. The van der Waals surface area contributed by atoms with Crippen molar-refractivity contribution >= 4 is 38.5 Å².